The van der Waals surface area contributed by atoms with Crippen molar-refractivity contribution in [3.63, 3.8) is 0 Å². The molecule has 0 aliphatic carbocycles. The molecule has 6 nitrogen and oxygen atoms in total. The van der Waals surface area contributed by atoms with E-state index in [2.05, 4.69) is 15.3 Å². The van der Waals surface area contributed by atoms with Crippen molar-refractivity contribution in [2.45, 2.75) is 80.0 Å². The molecule has 2 unspecified atom stereocenters. The number of hydrogen-bond acceptors (Lipinski definition) is 4. The van der Waals surface area contributed by atoms with Crippen molar-refractivity contribution in [1.82, 2.24) is 24.4 Å². The molecule has 0 fully saturated rings. The molecule has 0 aliphatic rings. The first kappa shape index (κ1) is 25.5. The summed E-state index contributed by atoms with van der Waals surface area (Å²) in [4.78, 5) is 4.61. The molecule has 0 bridgehead atoms. The number of aliphatic hydroxyl groups excluding tert-OH is 1. The van der Waals surface area contributed by atoms with E-state index >= 15 is 0 Å². The molecule has 2 atom stereocenters. The molecule has 7 heteroatoms. The summed E-state index contributed by atoms with van der Waals surface area (Å²) in [5, 5.41) is 18.3. The van der Waals surface area contributed by atoms with Gasteiger partial charge in [0.1, 0.15) is 17.5 Å². The van der Waals surface area contributed by atoms with Crippen LogP contribution in [0.25, 0.3) is 22.6 Å². The minimum atomic E-state index is -0.969. The highest BCUT2D eigenvalue weighted by molar-refractivity contribution is 5.65. The van der Waals surface area contributed by atoms with Crippen LogP contribution in [0.1, 0.15) is 65.8 Å². The first-order valence-electron chi connectivity index (χ1n) is 11.3. The molecule has 3 aromatic rings. The third-order valence-corrected chi connectivity index (χ3v) is 5.03. The molecule has 0 aliphatic heterocycles. The lowest BCUT2D eigenvalue weighted by Crippen LogP contribution is -2.03. The molecule has 32 heavy (non-hydrogen) atoms. The van der Waals surface area contributed by atoms with E-state index in [4.69, 9.17) is 0 Å². The molecule has 0 amide bonds. The Kier molecular flexibility index (Phi) is 9.32. The lowest BCUT2D eigenvalue weighted by Gasteiger charge is -2.10. The maximum absolute atomic E-state index is 13.1. The number of hydrogen-bond donors (Lipinski definition) is 1. The Morgan fingerprint density at radius 3 is 2.53 bits per heavy atom. The van der Waals surface area contributed by atoms with Gasteiger partial charge in [0, 0.05) is 30.1 Å². The molecule has 3 aromatic heterocycles. The number of alkyl halides is 1. The number of aryl methyl sites for hydroxylation is 1. The molecule has 0 radical (unpaired) electrons. The van der Waals surface area contributed by atoms with E-state index in [9.17, 15) is 9.50 Å². The Labute approximate surface area is 190 Å². The fourth-order valence-corrected chi connectivity index (χ4v) is 3.38. The van der Waals surface area contributed by atoms with Gasteiger partial charge in [-0.3, -0.25) is 0 Å². The summed E-state index contributed by atoms with van der Waals surface area (Å²) < 4.78 is 16.9. The highest BCUT2D eigenvalue weighted by Crippen LogP contribution is 2.25. The van der Waals surface area contributed by atoms with Gasteiger partial charge >= 0.3 is 0 Å². The van der Waals surface area contributed by atoms with Crippen molar-refractivity contribution in [1.29, 1.82) is 0 Å². The lowest BCUT2D eigenvalue weighted by molar-refractivity contribution is 0.184. The molecule has 0 spiro atoms. The Morgan fingerprint density at radius 1 is 1.19 bits per heavy atom. The van der Waals surface area contributed by atoms with Crippen LogP contribution in [0.2, 0.25) is 0 Å². The summed E-state index contributed by atoms with van der Waals surface area (Å²) >= 11 is 0. The largest absolute Gasteiger partial charge is 0.393 e. The van der Waals surface area contributed by atoms with E-state index in [1.807, 2.05) is 74.3 Å². The minimum absolute atomic E-state index is 0.338. The van der Waals surface area contributed by atoms with Crippen LogP contribution < -0.4 is 0 Å². The fourth-order valence-electron chi connectivity index (χ4n) is 3.38. The van der Waals surface area contributed by atoms with Gasteiger partial charge in [-0.25, -0.2) is 14.1 Å². The van der Waals surface area contributed by atoms with Gasteiger partial charge in [0.15, 0.2) is 0 Å². The average Bonchev–Trinajstić information content (AvgIpc) is 3.33. The van der Waals surface area contributed by atoms with E-state index in [0.29, 0.717) is 12.8 Å². The van der Waals surface area contributed by atoms with Crippen LogP contribution in [0.15, 0.2) is 42.3 Å². The van der Waals surface area contributed by atoms with Crippen LogP contribution in [-0.4, -0.2) is 41.8 Å². The number of halogens is 1. The summed E-state index contributed by atoms with van der Waals surface area (Å²) in [7, 11) is 0. The normalized spacial score (nSPS) is 13.2. The highest BCUT2D eigenvalue weighted by atomic mass is 19.1. The molecule has 174 valence electrons. The quantitative estimate of drug-likeness (QED) is 0.449. The predicted molar refractivity (Wildman–Crippen MR) is 129 cm³/mol. The highest BCUT2D eigenvalue weighted by Gasteiger charge is 2.15. The maximum atomic E-state index is 13.1. The number of aliphatic hydroxyl groups is 1. The maximum Gasteiger partial charge on any atom is 0.137 e. The molecule has 3 heterocycles. The number of nitrogens with zero attached hydrogens (tertiary/aromatic N) is 5. The van der Waals surface area contributed by atoms with Gasteiger partial charge in [-0.15, -0.1) is 5.10 Å². The SMILES string of the molecule is CC.CC(C)=C(C/C=C\C(C)F)n1nnc(-c2ccc3nc(CCC(C)O)cn3c2)c1C. The van der Waals surface area contributed by atoms with E-state index < -0.39 is 6.17 Å². The first-order chi connectivity index (χ1) is 15.3. The van der Waals surface area contributed by atoms with Crippen LogP contribution in [0.3, 0.4) is 0 Å². The van der Waals surface area contributed by atoms with Gasteiger partial charge in [-0.05, 0) is 59.6 Å². The Hall–Kier alpha value is -2.80. The number of allylic oxidation sites excluding steroid dienone is 4. The van der Waals surface area contributed by atoms with Gasteiger partial charge < -0.3 is 9.51 Å². The first-order valence-corrected chi connectivity index (χ1v) is 11.3. The van der Waals surface area contributed by atoms with E-state index in [0.717, 1.165) is 46.0 Å². The second-order valence-corrected chi connectivity index (χ2v) is 7.99. The van der Waals surface area contributed by atoms with Gasteiger partial charge in [-0.1, -0.05) is 36.8 Å². The molecule has 3 rings (SSSR count). The van der Waals surface area contributed by atoms with Gasteiger partial charge in [0.05, 0.1) is 17.5 Å². The van der Waals surface area contributed by atoms with Crippen molar-refractivity contribution >= 4 is 11.3 Å². The molecular weight excluding hydrogens is 405 g/mol. The second kappa shape index (κ2) is 11.7. The summed E-state index contributed by atoms with van der Waals surface area (Å²) in [5.74, 6) is 0. The fraction of sp³-hybridized carbons (Fsp3) is 0.480. The van der Waals surface area contributed by atoms with E-state index in [1.165, 1.54) is 6.92 Å². The molecule has 0 aromatic carbocycles. The second-order valence-electron chi connectivity index (χ2n) is 7.99. The average molecular weight is 442 g/mol. The zero-order chi connectivity index (χ0) is 23.8. The van der Waals surface area contributed by atoms with E-state index in [1.54, 1.807) is 13.0 Å². The Bertz CT molecular complexity index is 1070. The number of imidazole rings is 1. The van der Waals surface area contributed by atoms with Crippen molar-refractivity contribution < 1.29 is 9.50 Å². The third kappa shape index (κ3) is 6.36. The lowest BCUT2D eigenvalue weighted by atomic mass is 10.1. The predicted octanol–water partition coefficient (Wildman–Crippen LogP) is 5.80. The Morgan fingerprint density at radius 2 is 1.91 bits per heavy atom. The van der Waals surface area contributed by atoms with Crippen molar-refractivity contribution in [2.24, 2.45) is 0 Å². The summed E-state index contributed by atoms with van der Waals surface area (Å²) in [6, 6.07) is 3.96. The summed E-state index contributed by atoms with van der Waals surface area (Å²) in [6.07, 6.45) is 8.09. The summed E-state index contributed by atoms with van der Waals surface area (Å²) in [6.45, 7) is 13.3. The summed E-state index contributed by atoms with van der Waals surface area (Å²) in [5.41, 5.74) is 6.60. The van der Waals surface area contributed by atoms with Crippen LogP contribution in [0.4, 0.5) is 4.39 Å². The smallest absolute Gasteiger partial charge is 0.137 e. The number of pyridine rings is 1. The van der Waals surface area contributed by atoms with Gasteiger partial charge in [-0.2, -0.15) is 0 Å². The van der Waals surface area contributed by atoms with Crippen molar-refractivity contribution in [3.05, 3.63) is 53.6 Å². The molecule has 0 saturated heterocycles. The zero-order valence-corrected chi connectivity index (χ0v) is 20.3. The van der Waals surface area contributed by atoms with Crippen LogP contribution >= 0.6 is 0 Å². The standard InChI is InChI=1S/C23H30FN5O.C2H6/c1-15(2)21(8-6-7-16(3)24)29-18(5)23(26-27-29)19-10-12-22-25-20(11-9-17(4)30)14-28(22)13-19;1-2/h6-7,10,12-14,16-17,30H,8-9,11H2,1-5H3;1-2H3/b7-6-;. The number of aromatic nitrogens is 5. The van der Waals surface area contributed by atoms with Gasteiger partial charge in [0.2, 0.25) is 0 Å². The number of rotatable bonds is 8. The van der Waals surface area contributed by atoms with Gasteiger partial charge in [0.25, 0.3) is 0 Å². The van der Waals surface area contributed by atoms with Crippen LogP contribution in [0.5, 0.6) is 0 Å². The van der Waals surface area contributed by atoms with Crippen LogP contribution in [0, 0.1) is 6.92 Å². The minimum Gasteiger partial charge on any atom is -0.393 e. The van der Waals surface area contributed by atoms with Crippen molar-refractivity contribution in [3.8, 4) is 11.3 Å². The van der Waals surface area contributed by atoms with Crippen molar-refractivity contribution in [2.75, 3.05) is 0 Å². The monoisotopic (exact) mass is 441 g/mol. The molecule has 0 saturated carbocycles. The zero-order valence-electron chi connectivity index (χ0n) is 20.3. The molecule has 1 N–H and O–H groups in total. The van der Waals surface area contributed by atoms with Crippen LogP contribution in [-0.2, 0) is 6.42 Å². The molecular formula is C25H36FN5O. The Balaban J connectivity index is 0.00000176. The third-order valence-electron chi connectivity index (χ3n) is 5.03. The van der Waals surface area contributed by atoms with E-state index in [-0.39, 0.29) is 6.10 Å². The topological polar surface area (TPSA) is 68.2 Å². The number of fused-ring (bicyclic) bond motifs is 1.